The molecule has 9 rings (SSSR count). The number of fused-ring (bicyclic) bond motifs is 6. The van der Waals surface area contributed by atoms with Crippen LogP contribution in [-0.4, -0.2) is 4.57 Å². The molecule has 0 N–H and O–H groups in total. The molecule has 0 spiro atoms. The van der Waals surface area contributed by atoms with E-state index >= 15 is 0 Å². The van der Waals surface area contributed by atoms with Gasteiger partial charge in [-0.05, 0) is 80.6 Å². The molecule has 0 aliphatic carbocycles. The first-order valence-corrected chi connectivity index (χ1v) is 15.1. The molecule has 0 atom stereocenters. The van der Waals surface area contributed by atoms with Gasteiger partial charge in [-0.2, -0.15) is 0 Å². The van der Waals surface area contributed by atoms with Gasteiger partial charge >= 0.3 is 51.4 Å². The summed E-state index contributed by atoms with van der Waals surface area (Å²) in [7, 11) is 0. The molecule has 0 aliphatic rings. The standard InChI is InChI=1S/C42H27N2.K/c1-2-8-28(9-3-1)29-14-16-30(17-15-29)31-18-22-34(23-19-31)44-41-13-7-5-11-36(41)38-27-33(21-25-42(38)44)32-20-24-40-37(26-32)35-10-4-6-12-39(35)43-40;/h1-27H;/q-1;+1. The molecule has 0 aliphatic heterocycles. The van der Waals surface area contributed by atoms with Crippen LogP contribution in [0.25, 0.3) is 82.7 Å². The third-order valence-corrected chi connectivity index (χ3v) is 8.89. The van der Waals surface area contributed by atoms with E-state index in [1.165, 1.54) is 66.0 Å². The minimum atomic E-state index is 0. The van der Waals surface area contributed by atoms with Crippen molar-refractivity contribution in [1.29, 1.82) is 0 Å². The van der Waals surface area contributed by atoms with E-state index in [1.54, 1.807) is 0 Å². The van der Waals surface area contributed by atoms with Crippen LogP contribution in [0.4, 0.5) is 0 Å². The molecule has 9 aromatic rings. The Balaban J connectivity index is 0.00000300. The molecule has 45 heavy (non-hydrogen) atoms. The zero-order valence-electron chi connectivity index (χ0n) is 25.0. The third kappa shape index (κ3) is 4.89. The molecule has 7 aromatic carbocycles. The van der Waals surface area contributed by atoms with E-state index in [0.717, 1.165) is 16.7 Å². The smallest absolute Gasteiger partial charge is 0.657 e. The minimum Gasteiger partial charge on any atom is -0.657 e. The summed E-state index contributed by atoms with van der Waals surface area (Å²) in [5, 5.41) is 4.92. The molecule has 2 heterocycles. The van der Waals surface area contributed by atoms with Crippen LogP contribution >= 0.6 is 0 Å². The summed E-state index contributed by atoms with van der Waals surface area (Å²) in [6.45, 7) is 0. The van der Waals surface area contributed by atoms with Crippen LogP contribution in [0.15, 0.2) is 164 Å². The van der Waals surface area contributed by atoms with Gasteiger partial charge in [0.25, 0.3) is 0 Å². The van der Waals surface area contributed by atoms with Gasteiger partial charge in [-0.1, -0.05) is 127 Å². The Kier molecular flexibility index (Phi) is 7.29. The Bertz CT molecular complexity index is 2470. The van der Waals surface area contributed by atoms with Gasteiger partial charge in [-0.3, -0.25) is 0 Å². The van der Waals surface area contributed by atoms with Gasteiger partial charge in [0.2, 0.25) is 0 Å². The number of para-hydroxylation sites is 2. The van der Waals surface area contributed by atoms with Gasteiger partial charge in [-0.25, -0.2) is 0 Å². The molecule has 0 bridgehead atoms. The van der Waals surface area contributed by atoms with Gasteiger partial charge in [0, 0.05) is 16.5 Å². The Morgan fingerprint density at radius 1 is 0.333 bits per heavy atom. The summed E-state index contributed by atoms with van der Waals surface area (Å²) < 4.78 is 2.38. The van der Waals surface area contributed by atoms with Crippen molar-refractivity contribution in [2.75, 3.05) is 0 Å². The molecule has 3 heteroatoms. The topological polar surface area (TPSA) is 19.0 Å². The van der Waals surface area contributed by atoms with Crippen LogP contribution in [0.5, 0.6) is 0 Å². The first kappa shape index (κ1) is 28.3. The van der Waals surface area contributed by atoms with E-state index in [-0.39, 0.29) is 51.4 Å². The van der Waals surface area contributed by atoms with Crippen molar-refractivity contribution >= 4 is 43.6 Å². The maximum atomic E-state index is 4.82. The van der Waals surface area contributed by atoms with Crippen molar-refractivity contribution in [3.8, 4) is 39.1 Å². The molecule has 2 nitrogen and oxygen atoms in total. The van der Waals surface area contributed by atoms with Crippen LogP contribution < -0.4 is 56.4 Å². The van der Waals surface area contributed by atoms with E-state index < -0.39 is 0 Å². The van der Waals surface area contributed by atoms with Crippen LogP contribution in [0.1, 0.15) is 0 Å². The fourth-order valence-electron chi connectivity index (χ4n) is 6.68. The Hall–Kier alpha value is -4.22. The number of hydrogen-bond acceptors (Lipinski definition) is 0. The van der Waals surface area contributed by atoms with Crippen LogP contribution in [0.3, 0.4) is 0 Å². The van der Waals surface area contributed by atoms with Gasteiger partial charge in [0.1, 0.15) is 0 Å². The second-order valence-electron chi connectivity index (χ2n) is 11.4. The Morgan fingerprint density at radius 3 is 1.56 bits per heavy atom. The molecule has 0 fully saturated rings. The second kappa shape index (κ2) is 11.6. The van der Waals surface area contributed by atoms with E-state index in [0.29, 0.717) is 0 Å². The molecular formula is C42H27KN2. The SMILES string of the molecule is [K+].c1ccc(-c2ccc(-c3ccc(-n4c5ccccc5c5cc(-c6ccc7[n-]c8ccccc8c7c6)ccc54)cc3)cc2)cc1. The molecule has 0 radical (unpaired) electrons. The van der Waals surface area contributed by atoms with Gasteiger partial charge in [0.05, 0.1) is 11.0 Å². The van der Waals surface area contributed by atoms with E-state index in [4.69, 9.17) is 4.98 Å². The normalized spacial score (nSPS) is 11.4. The zero-order valence-corrected chi connectivity index (χ0v) is 28.1. The number of aromatic nitrogens is 2. The third-order valence-electron chi connectivity index (χ3n) is 8.89. The molecule has 206 valence electrons. The van der Waals surface area contributed by atoms with Crippen molar-refractivity contribution in [2.24, 2.45) is 0 Å². The Morgan fingerprint density at radius 2 is 0.822 bits per heavy atom. The molecule has 0 saturated carbocycles. The quantitative estimate of drug-likeness (QED) is 0.188. The molecular weight excluding hydrogens is 572 g/mol. The molecule has 2 aromatic heterocycles. The Labute approximate surface area is 304 Å². The van der Waals surface area contributed by atoms with Crippen molar-refractivity contribution < 1.29 is 51.4 Å². The largest absolute Gasteiger partial charge is 1.00 e. The molecule has 0 saturated heterocycles. The fourth-order valence-corrected chi connectivity index (χ4v) is 6.68. The maximum Gasteiger partial charge on any atom is 1.00 e. The number of nitrogens with zero attached hydrogens (tertiary/aromatic N) is 2. The summed E-state index contributed by atoms with van der Waals surface area (Å²) in [4.78, 5) is 4.82. The first-order valence-electron chi connectivity index (χ1n) is 15.1. The van der Waals surface area contributed by atoms with E-state index in [2.05, 4.69) is 168 Å². The molecule has 0 unspecified atom stereocenters. The van der Waals surface area contributed by atoms with Crippen LogP contribution in [0.2, 0.25) is 0 Å². The maximum absolute atomic E-state index is 4.82. The average Bonchev–Trinajstić information content (AvgIpc) is 3.64. The van der Waals surface area contributed by atoms with Gasteiger partial charge in [0.15, 0.2) is 0 Å². The summed E-state index contributed by atoms with van der Waals surface area (Å²) >= 11 is 0. The zero-order chi connectivity index (χ0) is 29.0. The number of rotatable bonds is 4. The summed E-state index contributed by atoms with van der Waals surface area (Å²) in [6.07, 6.45) is 0. The minimum absolute atomic E-state index is 0. The van der Waals surface area contributed by atoms with Crippen molar-refractivity contribution in [3.05, 3.63) is 164 Å². The van der Waals surface area contributed by atoms with Crippen molar-refractivity contribution in [3.63, 3.8) is 0 Å². The summed E-state index contributed by atoms with van der Waals surface area (Å²) in [5.74, 6) is 0. The number of hydrogen-bond donors (Lipinski definition) is 0. The van der Waals surface area contributed by atoms with Gasteiger partial charge in [-0.15, -0.1) is 11.0 Å². The predicted octanol–water partition coefficient (Wildman–Crippen LogP) is 8.05. The monoisotopic (exact) mass is 598 g/mol. The van der Waals surface area contributed by atoms with E-state index in [1.807, 2.05) is 0 Å². The van der Waals surface area contributed by atoms with Gasteiger partial charge < -0.3 is 9.55 Å². The van der Waals surface area contributed by atoms with Crippen molar-refractivity contribution in [2.45, 2.75) is 0 Å². The average molecular weight is 599 g/mol. The predicted molar refractivity (Wildman–Crippen MR) is 185 cm³/mol. The van der Waals surface area contributed by atoms with E-state index in [9.17, 15) is 0 Å². The van der Waals surface area contributed by atoms with Crippen LogP contribution in [-0.2, 0) is 0 Å². The molecule has 0 amide bonds. The van der Waals surface area contributed by atoms with Crippen LogP contribution in [0, 0.1) is 0 Å². The first-order chi connectivity index (χ1) is 21.8. The summed E-state index contributed by atoms with van der Waals surface area (Å²) in [6, 6.07) is 58.9. The second-order valence-corrected chi connectivity index (χ2v) is 11.4. The van der Waals surface area contributed by atoms with Crippen molar-refractivity contribution in [1.82, 2.24) is 9.55 Å². The number of benzene rings is 7. The fraction of sp³-hybridized carbons (Fsp3) is 0. The summed E-state index contributed by atoms with van der Waals surface area (Å²) in [5.41, 5.74) is 13.0.